The predicted octanol–water partition coefficient (Wildman–Crippen LogP) is 5.86. The lowest BCUT2D eigenvalue weighted by molar-refractivity contribution is -0.146. The summed E-state index contributed by atoms with van der Waals surface area (Å²) in [6.07, 6.45) is 10.7. The van der Waals surface area contributed by atoms with E-state index in [1.807, 2.05) is 0 Å². The van der Waals surface area contributed by atoms with Crippen LogP contribution < -0.4 is 0 Å². The zero-order valence-electron chi connectivity index (χ0n) is 19.3. The first-order valence-corrected chi connectivity index (χ1v) is 11.9. The molecule has 0 N–H and O–H groups in total. The average Bonchev–Trinajstić information content (AvgIpc) is 3.04. The summed E-state index contributed by atoms with van der Waals surface area (Å²) in [7, 11) is 0. The molecule has 1 atom stereocenters. The minimum absolute atomic E-state index is 0.0843. The SMILES string of the molecule is CC(C)(CN1CCCOC(Cc2ccccc2)C1)C(C)(C)OC1CCCCCC1. The summed E-state index contributed by atoms with van der Waals surface area (Å²) in [5, 5.41) is 0. The van der Waals surface area contributed by atoms with Gasteiger partial charge in [-0.2, -0.15) is 0 Å². The van der Waals surface area contributed by atoms with Crippen LogP contribution in [0, 0.1) is 5.41 Å². The Balaban J connectivity index is 1.59. The molecule has 1 aliphatic heterocycles. The second-order valence-corrected chi connectivity index (χ2v) is 10.4. The Morgan fingerprint density at radius 2 is 1.66 bits per heavy atom. The van der Waals surface area contributed by atoms with Gasteiger partial charge in [0.1, 0.15) is 0 Å². The molecule has 3 nitrogen and oxygen atoms in total. The molecule has 0 amide bonds. The van der Waals surface area contributed by atoms with Crippen LogP contribution in [0.15, 0.2) is 30.3 Å². The van der Waals surface area contributed by atoms with Crippen LogP contribution in [0.1, 0.15) is 78.2 Å². The van der Waals surface area contributed by atoms with Crippen molar-refractivity contribution in [2.24, 2.45) is 5.41 Å². The highest BCUT2D eigenvalue weighted by Gasteiger charge is 2.41. The summed E-state index contributed by atoms with van der Waals surface area (Å²) in [5.74, 6) is 0. The van der Waals surface area contributed by atoms with Crippen molar-refractivity contribution in [2.45, 2.75) is 96.9 Å². The van der Waals surface area contributed by atoms with Gasteiger partial charge in [-0.15, -0.1) is 0 Å². The predicted molar refractivity (Wildman–Crippen MR) is 121 cm³/mol. The zero-order valence-corrected chi connectivity index (χ0v) is 19.3. The van der Waals surface area contributed by atoms with E-state index in [9.17, 15) is 0 Å². The van der Waals surface area contributed by atoms with E-state index in [1.54, 1.807) is 0 Å². The summed E-state index contributed by atoms with van der Waals surface area (Å²) in [6.45, 7) is 13.5. The lowest BCUT2D eigenvalue weighted by Gasteiger charge is -2.46. The molecule has 0 spiro atoms. The van der Waals surface area contributed by atoms with Gasteiger partial charge in [-0.1, -0.05) is 69.9 Å². The molecule has 1 saturated heterocycles. The van der Waals surface area contributed by atoms with E-state index in [4.69, 9.17) is 9.47 Å². The van der Waals surface area contributed by atoms with Gasteiger partial charge in [0.2, 0.25) is 0 Å². The van der Waals surface area contributed by atoms with Crippen LogP contribution in [-0.2, 0) is 15.9 Å². The molecule has 0 bridgehead atoms. The van der Waals surface area contributed by atoms with Gasteiger partial charge < -0.3 is 14.4 Å². The van der Waals surface area contributed by atoms with Crippen LogP contribution in [0.4, 0.5) is 0 Å². The summed E-state index contributed by atoms with van der Waals surface area (Å²) < 4.78 is 13.0. The molecule has 1 aliphatic carbocycles. The van der Waals surface area contributed by atoms with E-state index < -0.39 is 0 Å². The van der Waals surface area contributed by atoms with E-state index in [1.165, 1.54) is 44.1 Å². The molecule has 1 aromatic rings. The molecule has 29 heavy (non-hydrogen) atoms. The minimum Gasteiger partial charge on any atom is -0.376 e. The summed E-state index contributed by atoms with van der Waals surface area (Å²) in [6, 6.07) is 10.8. The molecule has 0 radical (unpaired) electrons. The molecule has 1 saturated carbocycles. The third-order valence-corrected chi connectivity index (χ3v) is 7.25. The van der Waals surface area contributed by atoms with E-state index >= 15 is 0 Å². The summed E-state index contributed by atoms with van der Waals surface area (Å²) in [4.78, 5) is 2.62. The van der Waals surface area contributed by atoms with Crippen LogP contribution in [0.5, 0.6) is 0 Å². The molecule has 3 heteroatoms. The Morgan fingerprint density at radius 1 is 0.966 bits per heavy atom. The molecule has 2 fully saturated rings. The van der Waals surface area contributed by atoms with Gasteiger partial charge >= 0.3 is 0 Å². The molecule has 1 unspecified atom stereocenters. The second-order valence-electron chi connectivity index (χ2n) is 10.4. The van der Waals surface area contributed by atoms with Crippen LogP contribution in [-0.4, -0.2) is 49.0 Å². The minimum atomic E-state index is -0.135. The highest BCUT2D eigenvalue weighted by atomic mass is 16.5. The smallest absolute Gasteiger partial charge is 0.0742 e. The Kier molecular flexibility index (Phi) is 8.18. The van der Waals surface area contributed by atoms with Crippen molar-refractivity contribution in [3.05, 3.63) is 35.9 Å². The normalized spacial score (nSPS) is 23.5. The first-order valence-electron chi connectivity index (χ1n) is 11.9. The third-order valence-electron chi connectivity index (χ3n) is 7.25. The van der Waals surface area contributed by atoms with Crippen molar-refractivity contribution in [2.75, 3.05) is 26.2 Å². The molecule has 164 valence electrons. The fraction of sp³-hybridized carbons (Fsp3) is 0.769. The van der Waals surface area contributed by atoms with Crippen molar-refractivity contribution >= 4 is 0 Å². The number of nitrogens with zero attached hydrogens (tertiary/aromatic N) is 1. The standard InChI is InChI=1S/C26H43NO2/c1-25(2,26(3,4)29-23-15-10-5-6-11-16-23)21-27-17-12-18-28-24(20-27)19-22-13-8-7-9-14-22/h7-9,13-14,23-24H,5-6,10-12,15-21H2,1-4H3. The van der Waals surface area contributed by atoms with Gasteiger partial charge in [-0.25, -0.2) is 0 Å². The lowest BCUT2D eigenvalue weighted by atomic mass is 9.76. The molecule has 1 heterocycles. The van der Waals surface area contributed by atoms with Crippen molar-refractivity contribution < 1.29 is 9.47 Å². The van der Waals surface area contributed by atoms with Crippen LogP contribution >= 0.6 is 0 Å². The Bertz CT molecular complexity index is 590. The fourth-order valence-electron chi connectivity index (χ4n) is 4.80. The van der Waals surface area contributed by atoms with Crippen LogP contribution in [0.25, 0.3) is 0 Å². The van der Waals surface area contributed by atoms with Crippen molar-refractivity contribution in [1.82, 2.24) is 4.90 Å². The number of rotatable bonds is 7. The Morgan fingerprint density at radius 3 is 2.34 bits per heavy atom. The highest BCUT2D eigenvalue weighted by molar-refractivity contribution is 5.15. The largest absolute Gasteiger partial charge is 0.376 e. The number of ether oxygens (including phenoxy) is 2. The third kappa shape index (κ3) is 6.80. The van der Waals surface area contributed by atoms with Gasteiger partial charge in [-0.3, -0.25) is 0 Å². The topological polar surface area (TPSA) is 21.7 Å². The monoisotopic (exact) mass is 401 g/mol. The van der Waals surface area contributed by atoms with Crippen LogP contribution in [0.3, 0.4) is 0 Å². The Hall–Kier alpha value is -0.900. The first kappa shape index (κ1) is 22.8. The van der Waals surface area contributed by atoms with Gasteiger partial charge in [-0.05, 0) is 45.1 Å². The van der Waals surface area contributed by atoms with Crippen molar-refractivity contribution in [3.63, 3.8) is 0 Å². The maximum Gasteiger partial charge on any atom is 0.0742 e. The van der Waals surface area contributed by atoms with Crippen LogP contribution in [0.2, 0.25) is 0 Å². The lowest BCUT2D eigenvalue weighted by Crippen LogP contribution is -2.51. The molecule has 1 aromatic carbocycles. The first-order chi connectivity index (χ1) is 13.9. The zero-order chi connectivity index (χ0) is 20.7. The van der Waals surface area contributed by atoms with Gasteiger partial charge in [0.15, 0.2) is 0 Å². The maximum absolute atomic E-state index is 6.76. The number of hydrogen-bond acceptors (Lipinski definition) is 3. The molecule has 0 aromatic heterocycles. The van der Waals surface area contributed by atoms with E-state index in [-0.39, 0.29) is 17.1 Å². The molecule has 2 aliphatic rings. The maximum atomic E-state index is 6.76. The number of hydrogen-bond donors (Lipinski definition) is 0. The van der Waals surface area contributed by atoms with Gasteiger partial charge in [0.05, 0.1) is 17.8 Å². The summed E-state index contributed by atoms with van der Waals surface area (Å²) >= 11 is 0. The second kappa shape index (κ2) is 10.4. The molecular formula is C26H43NO2. The van der Waals surface area contributed by atoms with E-state index in [0.717, 1.165) is 39.1 Å². The Labute approximate surface area is 179 Å². The van der Waals surface area contributed by atoms with Gasteiger partial charge in [0, 0.05) is 31.7 Å². The van der Waals surface area contributed by atoms with Crippen molar-refractivity contribution in [3.8, 4) is 0 Å². The van der Waals surface area contributed by atoms with E-state index in [2.05, 4.69) is 62.9 Å². The molecular weight excluding hydrogens is 358 g/mol. The number of benzene rings is 1. The summed E-state index contributed by atoms with van der Waals surface area (Å²) in [5.41, 5.74) is 1.32. The van der Waals surface area contributed by atoms with Gasteiger partial charge in [0.25, 0.3) is 0 Å². The van der Waals surface area contributed by atoms with E-state index in [0.29, 0.717) is 6.10 Å². The average molecular weight is 402 g/mol. The molecule has 3 rings (SSSR count). The quantitative estimate of drug-likeness (QED) is 0.534. The van der Waals surface area contributed by atoms with Crippen molar-refractivity contribution in [1.29, 1.82) is 0 Å². The highest BCUT2D eigenvalue weighted by Crippen LogP contribution is 2.38. The fourth-order valence-corrected chi connectivity index (χ4v) is 4.80.